The zero-order valence-electron chi connectivity index (χ0n) is 15.5. The number of hydrogen-bond acceptors (Lipinski definition) is 6. The van der Waals surface area contributed by atoms with E-state index in [0.717, 1.165) is 10.9 Å². The van der Waals surface area contributed by atoms with Crippen LogP contribution < -0.4 is 11.3 Å². The van der Waals surface area contributed by atoms with E-state index in [1.165, 1.54) is 13.0 Å². The fourth-order valence-corrected chi connectivity index (χ4v) is 3.23. The van der Waals surface area contributed by atoms with Crippen LogP contribution in [0.4, 0.5) is 0 Å². The molecule has 1 aliphatic heterocycles. The normalized spacial score (nSPS) is 16.5. The topological polar surface area (TPSA) is 118 Å². The van der Waals surface area contributed by atoms with Crippen molar-refractivity contribution in [1.82, 2.24) is 4.98 Å². The van der Waals surface area contributed by atoms with Gasteiger partial charge in [-0.3, -0.25) is 4.79 Å². The number of hydrogen-bond donors (Lipinski definition) is 2. The number of pyridine rings is 1. The molecule has 1 aromatic carbocycles. The maximum atomic E-state index is 12.8. The summed E-state index contributed by atoms with van der Waals surface area (Å²) >= 11 is 0. The Bertz CT molecular complexity index is 1150. The van der Waals surface area contributed by atoms with Crippen molar-refractivity contribution in [3.05, 3.63) is 81.2 Å². The molecule has 1 atom stereocenters. The number of esters is 1. The van der Waals surface area contributed by atoms with Crippen molar-refractivity contribution in [3.8, 4) is 6.07 Å². The van der Waals surface area contributed by atoms with Crippen LogP contribution in [0.5, 0.6) is 0 Å². The molecule has 0 aliphatic carbocycles. The molecule has 0 fully saturated rings. The van der Waals surface area contributed by atoms with Crippen molar-refractivity contribution in [2.45, 2.75) is 19.8 Å². The summed E-state index contributed by atoms with van der Waals surface area (Å²) in [6.07, 6.45) is 1.42. The molecule has 142 valence electrons. The van der Waals surface area contributed by atoms with Crippen LogP contribution in [0.2, 0.25) is 0 Å². The number of allylic oxidation sites excluding steroid dienone is 2. The van der Waals surface area contributed by atoms with Gasteiger partial charge in [0.05, 0.1) is 11.5 Å². The second-order valence-electron chi connectivity index (χ2n) is 6.43. The van der Waals surface area contributed by atoms with Gasteiger partial charge in [0.1, 0.15) is 24.0 Å². The summed E-state index contributed by atoms with van der Waals surface area (Å²) in [5, 5.41) is 10.4. The second-order valence-corrected chi connectivity index (χ2v) is 6.43. The van der Waals surface area contributed by atoms with Gasteiger partial charge in [0.2, 0.25) is 5.88 Å². The first-order chi connectivity index (χ1) is 13.4. The number of aromatic nitrogens is 1. The summed E-state index contributed by atoms with van der Waals surface area (Å²) < 4.78 is 10.5. The lowest BCUT2D eigenvalue weighted by Gasteiger charge is -2.26. The average Bonchev–Trinajstić information content (AvgIpc) is 2.65. The molecule has 1 aromatic heterocycles. The van der Waals surface area contributed by atoms with Crippen LogP contribution in [0.3, 0.4) is 0 Å². The lowest BCUT2D eigenvalue weighted by Crippen LogP contribution is -2.29. The Morgan fingerprint density at radius 3 is 2.86 bits per heavy atom. The average molecular weight is 377 g/mol. The molecule has 2 aromatic rings. The van der Waals surface area contributed by atoms with Crippen LogP contribution in [-0.4, -0.2) is 17.6 Å². The van der Waals surface area contributed by atoms with Crippen molar-refractivity contribution < 1.29 is 14.3 Å². The predicted molar refractivity (Wildman–Crippen MR) is 104 cm³/mol. The number of rotatable bonds is 4. The number of aryl methyl sites for hydroxylation is 1. The van der Waals surface area contributed by atoms with Crippen LogP contribution in [0.25, 0.3) is 10.9 Å². The smallest absolute Gasteiger partial charge is 0.338 e. The molecule has 3 N–H and O–H groups in total. The molecule has 0 saturated carbocycles. The minimum Gasteiger partial charge on any atom is -0.458 e. The first-order valence-electron chi connectivity index (χ1n) is 8.57. The fourth-order valence-electron chi connectivity index (χ4n) is 3.23. The number of benzene rings is 1. The quantitative estimate of drug-likeness (QED) is 0.625. The Balaban J connectivity index is 2.25. The molecule has 0 unspecified atom stereocenters. The van der Waals surface area contributed by atoms with E-state index in [0.29, 0.717) is 5.52 Å². The van der Waals surface area contributed by atoms with E-state index in [9.17, 15) is 14.9 Å². The Morgan fingerprint density at radius 2 is 2.18 bits per heavy atom. The highest BCUT2D eigenvalue weighted by Crippen LogP contribution is 2.38. The summed E-state index contributed by atoms with van der Waals surface area (Å²) in [5.74, 6) is -1.66. The molecular formula is C21H19N3O4. The highest BCUT2D eigenvalue weighted by atomic mass is 16.5. The first kappa shape index (κ1) is 19.0. The van der Waals surface area contributed by atoms with Crippen molar-refractivity contribution in [2.24, 2.45) is 5.73 Å². The third-order valence-corrected chi connectivity index (χ3v) is 4.50. The highest BCUT2D eigenvalue weighted by molar-refractivity contribution is 5.93. The van der Waals surface area contributed by atoms with Crippen LogP contribution in [0.1, 0.15) is 24.0 Å². The Morgan fingerprint density at radius 1 is 1.43 bits per heavy atom. The molecule has 0 amide bonds. The number of fused-ring (bicyclic) bond motifs is 1. The van der Waals surface area contributed by atoms with Gasteiger partial charge in [-0.1, -0.05) is 24.3 Å². The molecule has 0 saturated heterocycles. The highest BCUT2D eigenvalue weighted by Gasteiger charge is 2.37. The summed E-state index contributed by atoms with van der Waals surface area (Å²) in [7, 11) is 0. The van der Waals surface area contributed by atoms with Gasteiger partial charge in [0.15, 0.2) is 0 Å². The first-order valence-corrected chi connectivity index (χ1v) is 8.57. The molecule has 7 nitrogen and oxygen atoms in total. The maximum Gasteiger partial charge on any atom is 0.338 e. The van der Waals surface area contributed by atoms with E-state index < -0.39 is 17.4 Å². The van der Waals surface area contributed by atoms with Gasteiger partial charge in [-0.05, 0) is 37.4 Å². The zero-order valence-corrected chi connectivity index (χ0v) is 15.5. The van der Waals surface area contributed by atoms with Gasteiger partial charge in [-0.15, -0.1) is 0 Å². The zero-order chi connectivity index (χ0) is 20.4. The molecular weight excluding hydrogens is 358 g/mol. The van der Waals surface area contributed by atoms with Gasteiger partial charge in [0, 0.05) is 11.1 Å². The molecule has 0 bridgehead atoms. The van der Waals surface area contributed by atoms with E-state index in [1.807, 2.05) is 25.1 Å². The number of aromatic amines is 1. The van der Waals surface area contributed by atoms with Crippen molar-refractivity contribution in [2.75, 3.05) is 6.61 Å². The number of nitrogens with one attached hydrogen (secondary N) is 1. The van der Waals surface area contributed by atoms with E-state index in [-0.39, 0.29) is 35.0 Å². The van der Waals surface area contributed by atoms with E-state index in [4.69, 9.17) is 15.2 Å². The lowest BCUT2D eigenvalue weighted by atomic mass is 9.83. The summed E-state index contributed by atoms with van der Waals surface area (Å²) in [6.45, 7) is 6.96. The monoisotopic (exact) mass is 377 g/mol. The summed E-state index contributed by atoms with van der Waals surface area (Å²) in [5.41, 5.74) is 7.36. The molecule has 7 heteroatoms. The van der Waals surface area contributed by atoms with E-state index in [1.54, 1.807) is 12.1 Å². The Kier molecular flexibility index (Phi) is 5.05. The Labute approximate surface area is 161 Å². The molecule has 3 rings (SSSR count). The lowest BCUT2D eigenvalue weighted by molar-refractivity contribution is -0.138. The second kappa shape index (κ2) is 7.45. The third kappa shape index (κ3) is 3.28. The minimum atomic E-state index is -0.996. The molecule has 28 heavy (non-hydrogen) atoms. The number of H-pyrrole nitrogens is 1. The number of nitrogens with zero attached hydrogens (tertiary/aromatic N) is 1. The van der Waals surface area contributed by atoms with Crippen molar-refractivity contribution >= 4 is 16.9 Å². The standard InChI is InChI=1S/C21H19N3O4/c1-4-7-27-21(26)17-12(3)28-19(23)15(10-22)18(17)14-9-13-8-11(2)5-6-16(13)24-20(14)25/h4-6,8-9,18H,1,7,23H2,2-3H3,(H,24,25)/t18-/m1/s1. The molecule has 0 radical (unpaired) electrons. The van der Waals surface area contributed by atoms with Gasteiger partial charge in [-0.2, -0.15) is 5.26 Å². The fraction of sp³-hybridized carbons (Fsp3) is 0.190. The van der Waals surface area contributed by atoms with Crippen molar-refractivity contribution in [1.29, 1.82) is 5.26 Å². The SMILES string of the molecule is C=CCOC(=O)C1=C(C)OC(N)=C(C#N)[C@H]1c1cc2cc(C)ccc2[nH]c1=O. The summed E-state index contributed by atoms with van der Waals surface area (Å²) in [6, 6.07) is 9.21. The third-order valence-electron chi connectivity index (χ3n) is 4.50. The van der Waals surface area contributed by atoms with Crippen molar-refractivity contribution in [3.63, 3.8) is 0 Å². The number of carbonyl (C=O) groups is 1. The van der Waals surface area contributed by atoms with Crippen LogP contribution >= 0.6 is 0 Å². The summed E-state index contributed by atoms with van der Waals surface area (Å²) in [4.78, 5) is 28.3. The Hall–Kier alpha value is -3.79. The minimum absolute atomic E-state index is 0.0172. The molecule has 1 aliphatic rings. The van der Waals surface area contributed by atoms with Gasteiger partial charge >= 0.3 is 5.97 Å². The molecule has 0 spiro atoms. The van der Waals surface area contributed by atoms with Crippen LogP contribution in [0.15, 0.2) is 64.5 Å². The maximum absolute atomic E-state index is 12.8. The predicted octanol–water partition coefficient (Wildman–Crippen LogP) is 2.65. The van der Waals surface area contributed by atoms with Crippen LogP contribution in [-0.2, 0) is 14.3 Å². The number of nitrogens with two attached hydrogens (primary N) is 1. The van der Waals surface area contributed by atoms with Gasteiger partial charge in [-0.25, -0.2) is 4.79 Å². The molecule has 2 heterocycles. The number of ether oxygens (including phenoxy) is 2. The van der Waals surface area contributed by atoms with E-state index >= 15 is 0 Å². The van der Waals surface area contributed by atoms with Gasteiger partial charge < -0.3 is 20.2 Å². The van der Waals surface area contributed by atoms with E-state index in [2.05, 4.69) is 11.6 Å². The number of nitriles is 1. The van der Waals surface area contributed by atoms with Crippen LogP contribution in [0, 0.1) is 18.3 Å². The largest absolute Gasteiger partial charge is 0.458 e. The number of carbonyl (C=O) groups excluding carboxylic acids is 1. The van der Waals surface area contributed by atoms with Gasteiger partial charge in [0.25, 0.3) is 5.56 Å².